The van der Waals surface area contributed by atoms with Crippen molar-refractivity contribution in [1.29, 1.82) is 0 Å². The van der Waals surface area contributed by atoms with E-state index in [4.69, 9.17) is 9.84 Å². The summed E-state index contributed by atoms with van der Waals surface area (Å²) < 4.78 is 4.88. The molecule has 0 spiro atoms. The van der Waals surface area contributed by atoms with Crippen molar-refractivity contribution in [3.05, 3.63) is 0 Å². The van der Waals surface area contributed by atoms with E-state index >= 15 is 0 Å². The van der Waals surface area contributed by atoms with Crippen LogP contribution in [-0.2, 0) is 9.53 Å². The Balaban J connectivity index is 3.38. The van der Waals surface area contributed by atoms with E-state index in [-0.39, 0.29) is 18.0 Å². The van der Waals surface area contributed by atoms with Crippen molar-refractivity contribution >= 4 is 5.97 Å². The Bertz CT molecular complexity index is 171. The Morgan fingerprint density at radius 3 is 2.67 bits per heavy atom. The summed E-state index contributed by atoms with van der Waals surface area (Å²) in [6, 6.07) is 0. The number of hydrogen-bond acceptors (Lipinski definition) is 4. The van der Waals surface area contributed by atoms with Crippen molar-refractivity contribution in [2.45, 2.75) is 39.7 Å². The second-order valence-electron chi connectivity index (χ2n) is 3.85. The van der Waals surface area contributed by atoms with Gasteiger partial charge in [0.1, 0.15) is 0 Å². The highest BCUT2D eigenvalue weighted by atomic mass is 16.5. The molecule has 0 aliphatic rings. The van der Waals surface area contributed by atoms with Gasteiger partial charge in [0.25, 0.3) is 0 Å². The van der Waals surface area contributed by atoms with Crippen LogP contribution >= 0.6 is 0 Å². The van der Waals surface area contributed by atoms with Gasteiger partial charge in [0.2, 0.25) is 0 Å². The molecule has 2 unspecified atom stereocenters. The maximum Gasteiger partial charge on any atom is 0.309 e. The van der Waals surface area contributed by atoms with Gasteiger partial charge in [-0.3, -0.25) is 4.79 Å². The Kier molecular flexibility index (Phi) is 8.33. The first-order valence-electron chi connectivity index (χ1n) is 5.63. The molecule has 15 heavy (non-hydrogen) atoms. The number of aliphatic hydroxyl groups excluding tert-OH is 1. The lowest BCUT2D eigenvalue weighted by atomic mass is 10.2. The number of nitrogens with one attached hydrogen (secondary N) is 1. The normalized spacial score (nSPS) is 14.7. The SMILES string of the molecule is CCOC(=O)C(C)CNCCCC(C)O. The molecular weight excluding hydrogens is 194 g/mol. The molecule has 0 bridgehead atoms. The first-order chi connectivity index (χ1) is 7.07. The number of carbonyl (C=O) groups excluding carboxylic acids is 1. The maximum absolute atomic E-state index is 11.2. The predicted molar refractivity (Wildman–Crippen MR) is 59.6 cm³/mol. The van der Waals surface area contributed by atoms with Gasteiger partial charge in [0.15, 0.2) is 0 Å². The minimum absolute atomic E-state index is 0.100. The lowest BCUT2D eigenvalue weighted by molar-refractivity contribution is -0.147. The van der Waals surface area contributed by atoms with E-state index in [1.165, 1.54) is 0 Å². The zero-order valence-corrected chi connectivity index (χ0v) is 9.95. The molecule has 0 aliphatic heterocycles. The molecule has 0 radical (unpaired) electrons. The Labute approximate surface area is 92.0 Å². The molecule has 2 N–H and O–H groups in total. The van der Waals surface area contributed by atoms with Crippen LogP contribution in [0.5, 0.6) is 0 Å². The zero-order valence-electron chi connectivity index (χ0n) is 9.95. The van der Waals surface area contributed by atoms with E-state index in [0.717, 1.165) is 19.4 Å². The van der Waals surface area contributed by atoms with Crippen LogP contribution in [0.15, 0.2) is 0 Å². The molecule has 0 aromatic carbocycles. The number of ether oxygens (including phenoxy) is 1. The summed E-state index contributed by atoms with van der Waals surface area (Å²) in [5.41, 5.74) is 0. The van der Waals surface area contributed by atoms with E-state index in [0.29, 0.717) is 13.2 Å². The van der Waals surface area contributed by atoms with Crippen molar-refractivity contribution in [3.63, 3.8) is 0 Å². The predicted octanol–water partition coefficient (Wildman–Crippen LogP) is 0.936. The van der Waals surface area contributed by atoms with Gasteiger partial charge in [-0.1, -0.05) is 6.92 Å². The number of hydrogen-bond donors (Lipinski definition) is 2. The molecule has 0 rings (SSSR count). The molecule has 0 aliphatic carbocycles. The molecule has 0 saturated carbocycles. The summed E-state index contributed by atoms with van der Waals surface area (Å²) in [5, 5.41) is 12.2. The van der Waals surface area contributed by atoms with Crippen molar-refractivity contribution in [1.82, 2.24) is 5.32 Å². The highest BCUT2D eigenvalue weighted by Gasteiger charge is 2.12. The number of carbonyl (C=O) groups is 1. The molecule has 0 saturated heterocycles. The second kappa shape index (κ2) is 8.68. The molecule has 0 aromatic rings. The fourth-order valence-corrected chi connectivity index (χ4v) is 1.21. The zero-order chi connectivity index (χ0) is 11.7. The molecular formula is C11H23NO3. The van der Waals surface area contributed by atoms with Crippen LogP contribution in [0, 0.1) is 5.92 Å². The third-order valence-corrected chi connectivity index (χ3v) is 2.11. The van der Waals surface area contributed by atoms with Gasteiger partial charge in [0.05, 0.1) is 18.6 Å². The first kappa shape index (κ1) is 14.4. The quantitative estimate of drug-likeness (QED) is 0.469. The Hall–Kier alpha value is -0.610. The molecule has 0 heterocycles. The van der Waals surface area contributed by atoms with Crippen molar-refractivity contribution in [3.8, 4) is 0 Å². The summed E-state index contributed by atoms with van der Waals surface area (Å²) in [7, 11) is 0. The highest BCUT2D eigenvalue weighted by molar-refractivity contribution is 5.72. The van der Waals surface area contributed by atoms with Gasteiger partial charge in [0, 0.05) is 6.54 Å². The fraction of sp³-hybridized carbons (Fsp3) is 0.909. The highest BCUT2D eigenvalue weighted by Crippen LogP contribution is 1.98. The van der Waals surface area contributed by atoms with Crippen LogP contribution in [0.3, 0.4) is 0 Å². The molecule has 0 fully saturated rings. The third kappa shape index (κ3) is 8.39. The molecule has 4 heteroatoms. The molecule has 2 atom stereocenters. The van der Waals surface area contributed by atoms with E-state index in [1.54, 1.807) is 13.8 Å². The van der Waals surface area contributed by atoms with E-state index < -0.39 is 0 Å². The standard InChI is InChI=1S/C11H23NO3/c1-4-15-11(14)9(2)8-12-7-5-6-10(3)13/h9-10,12-13H,4-8H2,1-3H3. The van der Waals surface area contributed by atoms with Crippen LogP contribution in [0.4, 0.5) is 0 Å². The van der Waals surface area contributed by atoms with E-state index in [9.17, 15) is 4.79 Å². The van der Waals surface area contributed by atoms with Crippen LogP contribution < -0.4 is 5.32 Å². The largest absolute Gasteiger partial charge is 0.466 e. The average molecular weight is 217 g/mol. The summed E-state index contributed by atoms with van der Waals surface area (Å²) >= 11 is 0. The lowest BCUT2D eigenvalue weighted by Gasteiger charge is -2.11. The number of aliphatic hydroxyl groups is 1. The van der Waals surface area contributed by atoms with Gasteiger partial charge in [-0.15, -0.1) is 0 Å². The summed E-state index contributed by atoms with van der Waals surface area (Å²) in [4.78, 5) is 11.2. The van der Waals surface area contributed by atoms with Gasteiger partial charge in [-0.2, -0.15) is 0 Å². The molecule has 0 amide bonds. The van der Waals surface area contributed by atoms with Crippen LogP contribution in [-0.4, -0.2) is 36.9 Å². The first-order valence-corrected chi connectivity index (χ1v) is 5.63. The minimum Gasteiger partial charge on any atom is -0.466 e. The topological polar surface area (TPSA) is 58.6 Å². The van der Waals surface area contributed by atoms with Crippen molar-refractivity contribution in [2.24, 2.45) is 5.92 Å². The minimum atomic E-state index is -0.241. The summed E-state index contributed by atoms with van der Waals surface area (Å²) in [6.45, 7) is 7.33. The van der Waals surface area contributed by atoms with E-state index in [2.05, 4.69) is 5.32 Å². The van der Waals surface area contributed by atoms with Gasteiger partial charge >= 0.3 is 5.97 Å². The fourth-order valence-electron chi connectivity index (χ4n) is 1.21. The number of esters is 1. The Morgan fingerprint density at radius 1 is 1.47 bits per heavy atom. The maximum atomic E-state index is 11.2. The average Bonchev–Trinajstić information content (AvgIpc) is 2.16. The van der Waals surface area contributed by atoms with Gasteiger partial charge in [-0.05, 0) is 33.2 Å². The van der Waals surface area contributed by atoms with Crippen molar-refractivity contribution in [2.75, 3.05) is 19.7 Å². The molecule has 0 aromatic heterocycles. The van der Waals surface area contributed by atoms with Crippen molar-refractivity contribution < 1.29 is 14.6 Å². The van der Waals surface area contributed by atoms with Crippen LogP contribution in [0.25, 0.3) is 0 Å². The van der Waals surface area contributed by atoms with Crippen LogP contribution in [0.2, 0.25) is 0 Å². The second-order valence-corrected chi connectivity index (χ2v) is 3.85. The van der Waals surface area contributed by atoms with Gasteiger partial charge < -0.3 is 15.2 Å². The van der Waals surface area contributed by atoms with E-state index in [1.807, 2.05) is 6.92 Å². The Morgan fingerprint density at radius 2 is 2.13 bits per heavy atom. The lowest BCUT2D eigenvalue weighted by Crippen LogP contribution is -2.28. The van der Waals surface area contributed by atoms with Gasteiger partial charge in [-0.25, -0.2) is 0 Å². The molecule has 90 valence electrons. The molecule has 4 nitrogen and oxygen atoms in total. The summed E-state index contributed by atoms with van der Waals surface area (Å²) in [6.07, 6.45) is 1.47. The summed E-state index contributed by atoms with van der Waals surface area (Å²) in [5.74, 6) is -0.253. The number of rotatable bonds is 8. The third-order valence-electron chi connectivity index (χ3n) is 2.11. The van der Waals surface area contributed by atoms with Crippen LogP contribution in [0.1, 0.15) is 33.6 Å². The monoisotopic (exact) mass is 217 g/mol. The smallest absolute Gasteiger partial charge is 0.309 e.